The molecule has 2 N–H and O–H groups in total. The molecule has 1 aliphatic rings. The molecule has 1 unspecified atom stereocenters. The summed E-state index contributed by atoms with van der Waals surface area (Å²) in [6.07, 6.45) is 2.45. The van der Waals surface area contributed by atoms with E-state index in [9.17, 15) is 0 Å². The van der Waals surface area contributed by atoms with E-state index in [4.69, 9.17) is 10.5 Å². The molecule has 1 atom stereocenters. The van der Waals surface area contributed by atoms with Gasteiger partial charge in [0.15, 0.2) is 0 Å². The highest BCUT2D eigenvalue weighted by molar-refractivity contribution is 5.94. The van der Waals surface area contributed by atoms with E-state index in [-0.39, 0.29) is 0 Å². The molecule has 2 heterocycles. The van der Waals surface area contributed by atoms with Crippen LogP contribution in [0.2, 0.25) is 0 Å². The molecule has 4 heteroatoms. The minimum atomic E-state index is 0.605. The zero-order valence-corrected chi connectivity index (χ0v) is 12.8. The van der Waals surface area contributed by atoms with Crippen molar-refractivity contribution in [1.29, 1.82) is 0 Å². The van der Waals surface area contributed by atoms with Crippen LogP contribution in [0.25, 0.3) is 10.9 Å². The highest BCUT2D eigenvalue weighted by Gasteiger charge is 2.21. The van der Waals surface area contributed by atoms with Crippen LogP contribution in [0, 0.1) is 12.8 Å². The van der Waals surface area contributed by atoms with Crippen molar-refractivity contribution in [2.75, 3.05) is 37.4 Å². The first kappa shape index (κ1) is 14.1. The van der Waals surface area contributed by atoms with Crippen molar-refractivity contribution < 1.29 is 4.74 Å². The summed E-state index contributed by atoms with van der Waals surface area (Å²) in [7, 11) is 1.78. The predicted molar refractivity (Wildman–Crippen MR) is 87.7 cm³/mol. The average Bonchev–Trinajstić information content (AvgIpc) is 2.47. The maximum Gasteiger partial charge on any atom is 0.0727 e. The van der Waals surface area contributed by atoms with Gasteiger partial charge in [-0.1, -0.05) is 0 Å². The predicted octanol–water partition coefficient (Wildman–Crippen LogP) is 2.99. The molecule has 21 heavy (non-hydrogen) atoms. The van der Waals surface area contributed by atoms with E-state index in [2.05, 4.69) is 22.9 Å². The molecule has 0 amide bonds. The number of rotatable bonds is 3. The number of piperidine rings is 1. The second-order valence-electron chi connectivity index (χ2n) is 5.97. The minimum Gasteiger partial charge on any atom is -0.399 e. The number of ether oxygens (including phenoxy) is 1. The Morgan fingerprint density at radius 3 is 3.05 bits per heavy atom. The van der Waals surface area contributed by atoms with Crippen LogP contribution in [-0.2, 0) is 4.74 Å². The van der Waals surface area contributed by atoms with E-state index in [1.54, 1.807) is 7.11 Å². The number of benzene rings is 1. The first-order valence-corrected chi connectivity index (χ1v) is 7.58. The van der Waals surface area contributed by atoms with Gasteiger partial charge in [0.25, 0.3) is 0 Å². The van der Waals surface area contributed by atoms with Gasteiger partial charge >= 0.3 is 0 Å². The zero-order valence-electron chi connectivity index (χ0n) is 12.8. The summed E-state index contributed by atoms with van der Waals surface area (Å²) in [6.45, 7) is 5.02. The van der Waals surface area contributed by atoms with Gasteiger partial charge in [0.05, 0.1) is 12.1 Å². The molecule has 0 aliphatic carbocycles. The number of methoxy groups -OCH3 is 1. The first-order valence-electron chi connectivity index (χ1n) is 7.58. The number of aromatic nitrogens is 1. The fraction of sp³-hybridized carbons (Fsp3) is 0.471. The van der Waals surface area contributed by atoms with Crippen molar-refractivity contribution in [1.82, 2.24) is 4.98 Å². The molecular formula is C17H23N3O. The van der Waals surface area contributed by atoms with Gasteiger partial charge in [0.2, 0.25) is 0 Å². The third-order valence-corrected chi connectivity index (χ3v) is 4.20. The van der Waals surface area contributed by atoms with E-state index in [1.165, 1.54) is 18.5 Å². The fourth-order valence-electron chi connectivity index (χ4n) is 3.27. The molecule has 1 aromatic carbocycles. The van der Waals surface area contributed by atoms with Gasteiger partial charge in [0, 0.05) is 42.7 Å². The average molecular weight is 285 g/mol. The van der Waals surface area contributed by atoms with Crippen LogP contribution in [0.3, 0.4) is 0 Å². The molecule has 0 spiro atoms. The number of nitrogens with two attached hydrogens (primary N) is 1. The lowest BCUT2D eigenvalue weighted by molar-refractivity contribution is 0.143. The topological polar surface area (TPSA) is 51.4 Å². The van der Waals surface area contributed by atoms with Crippen LogP contribution in [0.15, 0.2) is 24.3 Å². The number of hydrogen-bond acceptors (Lipinski definition) is 4. The second kappa shape index (κ2) is 5.90. The van der Waals surface area contributed by atoms with Gasteiger partial charge in [0.1, 0.15) is 0 Å². The third kappa shape index (κ3) is 2.95. The maximum atomic E-state index is 5.97. The van der Waals surface area contributed by atoms with E-state index in [0.717, 1.165) is 42.0 Å². The molecule has 1 saturated heterocycles. The molecule has 0 bridgehead atoms. The van der Waals surface area contributed by atoms with Crippen LogP contribution in [0.4, 0.5) is 11.4 Å². The lowest BCUT2D eigenvalue weighted by atomic mass is 9.97. The highest BCUT2D eigenvalue weighted by atomic mass is 16.5. The Balaban J connectivity index is 2.00. The Hall–Kier alpha value is -1.81. The van der Waals surface area contributed by atoms with Crippen LogP contribution >= 0.6 is 0 Å². The molecule has 2 aromatic rings. The van der Waals surface area contributed by atoms with Gasteiger partial charge in [-0.15, -0.1) is 0 Å². The number of aryl methyl sites for hydroxylation is 1. The number of pyridine rings is 1. The zero-order chi connectivity index (χ0) is 14.8. The summed E-state index contributed by atoms with van der Waals surface area (Å²) >= 11 is 0. The van der Waals surface area contributed by atoms with Crippen molar-refractivity contribution in [2.24, 2.45) is 5.92 Å². The molecule has 0 radical (unpaired) electrons. The Morgan fingerprint density at radius 1 is 1.38 bits per heavy atom. The molecule has 0 saturated carbocycles. The lowest BCUT2D eigenvalue weighted by Crippen LogP contribution is -2.37. The third-order valence-electron chi connectivity index (χ3n) is 4.20. The van der Waals surface area contributed by atoms with Gasteiger partial charge in [-0.25, -0.2) is 0 Å². The van der Waals surface area contributed by atoms with Crippen LogP contribution in [0.1, 0.15) is 18.5 Å². The van der Waals surface area contributed by atoms with Crippen molar-refractivity contribution >= 4 is 22.3 Å². The second-order valence-corrected chi connectivity index (χ2v) is 5.97. The van der Waals surface area contributed by atoms with Crippen LogP contribution in [-0.4, -0.2) is 31.8 Å². The molecule has 112 valence electrons. The van der Waals surface area contributed by atoms with Gasteiger partial charge < -0.3 is 15.4 Å². The highest BCUT2D eigenvalue weighted by Crippen LogP contribution is 2.31. The summed E-state index contributed by atoms with van der Waals surface area (Å²) in [5, 5.41) is 1.15. The molecule has 4 nitrogen and oxygen atoms in total. The Labute approximate surface area is 125 Å². The van der Waals surface area contributed by atoms with E-state index in [0.29, 0.717) is 5.92 Å². The van der Waals surface area contributed by atoms with Crippen molar-refractivity contribution in [3.05, 3.63) is 30.0 Å². The summed E-state index contributed by atoms with van der Waals surface area (Å²) in [5.74, 6) is 0.605. The lowest BCUT2D eigenvalue weighted by Gasteiger charge is -2.35. The summed E-state index contributed by atoms with van der Waals surface area (Å²) in [6, 6.07) is 8.15. The van der Waals surface area contributed by atoms with Crippen LogP contribution < -0.4 is 10.6 Å². The van der Waals surface area contributed by atoms with Crippen molar-refractivity contribution in [3.63, 3.8) is 0 Å². The SMILES string of the molecule is COCC1CCCN(c2cc(C)nc3ccc(N)cc23)C1. The summed E-state index contributed by atoms with van der Waals surface area (Å²) < 4.78 is 5.34. The molecular weight excluding hydrogens is 262 g/mol. The van der Waals surface area contributed by atoms with E-state index >= 15 is 0 Å². The number of nitrogens with zero attached hydrogens (tertiary/aromatic N) is 2. The minimum absolute atomic E-state index is 0.605. The summed E-state index contributed by atoms with van der Waals surface area (Å²) in [5.41, 5.74) is 10.1. The molecule has 1 fully saturated rings. The Bertz CT molecular complexity index is 639. The molecule has 3 rings (SSSR count). The number of hydrogen-bond donors (Lipinski definition) is 1. The first-order chi connectivity index (χ1) is 10.2. The molecule has 1 aromatic heterocycles. The quantitative estimate of drug-likeness (QED) is 0.881. The number of fused-ring (bicyclic) bond motifs is 1. The monoisotopic (exact) mass is 285 g/mol. The standard InChI is InChI=1S/C17H23N3O/c1-12-8-17(15-9-14(18)5-6-16(15)19-12)20-7-3-4-13(10-20)11-21-2/h5-6,8-9,13H,3-4,7,10-11,18H2,1-2H3. The van der Waals surface area contributed by atoms with E-state index in [1.807, 2.05) is 18.2 Å². The van der Waals surface area contributed by atoms with Crippen molar-refractivity contribution in [3.8, 4) is 0 Å². The Morgan fingerprint density at radius 2 is 2.24 bits per heavy atom. The summed E-state index contributed by atoms with van der Waals surface area (Å²) in [4.78, 5) is 7.08. The van der Waals surface area contributed by atoms with Gasteiger partial charge in [-0.3, -0.25) is 4.98 Å². The smallest absolute Gasteiger partial charge is 0.0727 e. The van der Waals surface area contributed by atoms with E-state index < -0.39 is 0 Å². The van der Waals surface area contributed by atoms with Gasteiger partial charge in [-0.05, 0) is 49.9 Å². The number of anilines is 2. The number of nitrogen functional groups attached to an aromatic ring is 1. The van der Waals surface area contributed by atoms with Crippen molar-refractivity contribution in [2.45, 2.75) is 19.8 Å². The fourth-order valence-corrected chi connectivity index (χ4v) is 3.27. The Kier molecular flexibility index (Phi) is 3.97. The molecule has 1 aliphatic heterocycles. The normalized spacial score (nSPS) is 19.1. The largest absolute Gasteiger partial charge is 0.399 e. The van der Waals surface area contributed by atoms with Crippen LogP contribution in [0.5, 0.6) is 0 Å². The van der Waals surface area contributed by atoms with Gasteiger partial charge in [-0.2, -0.15) is 0 Å². The maximum absolute atomic E-state index is 5.97.